The van der Waals surface area contributed by atoms with E-state index in [1.165, 1.54) is 21.8 Å². The summed E-state index contributed by atoms with van der Waals surface area (Å²) < 4.78 is 0. The lowest BCUT2D eigenvalue weighted by Gasteiger charge is -2.32. The van der Waals surface area contributed by atoms with Crippen molar-refractivity contribution in [2.45, 2.75) is 38.6 Å². The molecular formula is C18H20N2O3S. The molecule has 0 bridgehead atoms. The number of carbonyl (C=O) groups excluding carboxylic acids is 1. The third kappa shape index (κ3) is 3.64. The van der Waals surface area contributed by atoms with Crippen LogP contribution in [0.3, 0.4) is 0 Å². The molecule has 1 aliphatic rings. The van der Waals surface area contributed by atoms with Crippen LogP contribution >= 0.6 is 11.3 Å². The van der Waals surface area contributed by atoms with Gasteiger partial charge in [0.05, 0.1) is 12.1 Å². The molecule has 0 radical (unpaired) electrons. The van der Waals surface area contributed by atoms with Crippen LogP contribution in [0.25, 0.3) is 10.6 Å². The van der Waals surface area contributed by atoms with Gasteiger partial charge in [-0.05, 0) is 26.2 Å². The summed E-state index contributed by atoms with van der Waals surface area (Å²) >= 11 is 1.51. The summed E-state index contributed by atoms with van der Waals surface area (Å²) in [5.41, 5.74) is 2.93. The molecule has 2 aromatic rings. The Hall–Kier alpha value is -2.21. The van der Waals surface area contributed by atoms with Crippen molar-refractivity contribution in [1.29, 1.82) is 0 Å². The molecule has 1 saturated heterocycles. The van der Waals surface area contributed by atoms with E-state index in [1.807, 2.05) is 36.6 Å². The lowest BCUT2D eigenvalue weighted by atomic mass is 10.0. The number of carboxylic acids is 1. The summed E-state index contributed by atoms with van der Waals surface area (Å²) in [6.45, 7) is 2.55. The van der Waals surface area contributed by atoms with Gasteiger partial charge in [0.25, 0.3) is 0 Å². The Bertz CT molecular complexity index is 739. The number of aromatic nitrogens is 1. The molecule has 1 fully saturated rings. The van der Waals surface area contributed by atoms with Gasteiger partial charge in [0, 0.05) is 17.5 Å². The molecule has 3 rings (SSSR count). The number of aryl methyl sites for hydroxylation is 1. The van der Waals surface area contributed by atoms with Crippen LogP contribution in [0.15, 0.2) is 29.6 Å². The second-order valence-electron chi connectivity index (χ2n) is 6.12. The van der Waals surface area contributed by atoms with E-state index in [1.54, 1.807) is 0 Å². The van der Waals surface area contributed by atoms with Crippen molar-refractivity contribution in [3.63, 3.8) is 0 Å². The zero-order valence-electron chi connectivity index (χ0n) is 13.6. The van der Waals surface area contributed by atoms with Crippen LogP contribution in [-0.2, 0) is 16.0 Å². The Morgan fingerprint density at radius 2 is 2.04 bits per heavy atom. The van der Waals surface area contributed by atoms with Crippen LogP contribution in [-0.4, -0.2) is 39.5 Å². The Morgan fingerprint density at radius 3 is 2.75 bits per heavy atom. The number of rotatable bonds is 4. The van der Waals surface area contributed by atoms with E-state index < -0.39 is 12.0 Å². The fraction of sp³-hybridized carbons (Fsp3) is 0.389. The molecule has 1 amide bonds. The predicted octanol–water partition coefficient (Wildman–Crippen LogP) is 3.13. The Labute approximate surface area is 145 Å². The fourth-order valence-corrected chi connectivity index (χ4v) is 3.79. The highest BCUT2D eigenvalue weighted by molar-refractivity contribution is 7.13. The van der Waals surface area contributed by atoms with Crippen molar-refractivity contribution in [2.75, 3.05) is 6.54 Å². The second kappa shape index (κ2) is 7.13. The third-order valence-corrected chi connectivity index (χ3v) is 5.23. The summed E-state index contributed by atoms with van der Waals surface area (Å²) in [7, 11) is 0. The standard InChI is InChI=1S/C18H20N2O3S/c1-12-5-7-13(8-6-12)17-19-14(11-24-17)10-16(21)20-9-3-2-4-15(20)18(22)23/h5-8,11,15H,2-4,9-10H2,1H3,(H,22,23). The van der Waals surface area contributed by atoms with Crippen LogP contribution in [0.4, 0.5) is 0 Å². The molecule has 1 aromatic carbocycles. The van der Waals surface area contributed by atoms with Gasteiger partial charge in [-0.3, -0.25) is 4.79 Å². The average molecular weight is 344 g/mol. The van der Waals surface area contributed by atoms with Crippen LogP contribution in [0, 0.1) is 6.92 Å². The first kappa shape index (κ1) is 16.6. The first-order chi connectivity index (χ1) is 11.5. The molecule has 24 heavy (non-hydrogen) atoms. The normalized spacial score (nSPS) is 17.7. The van der Waals surface area contributed by atoms with Crippen molar-refractivity contribution in [1.82, 2.24) is 9.88 Å². The maximum Gasteiger partial charge on any atom is 0.326 e. The number of hydrogen-bond donors (Lipinski definition) is 1. The van der Waals surface area contributed by atoms with Crippen molar-refractivity contribution in [3.05, 3.63) is 40.9 Å². The maximum atomic E-state index is 12.5. The predicted molar refractivity (Wildman–Crippen MR) is 93.0 cm³/mol. The molecule has 2 heterocycles. The van der Waals surface area contributed by atoms with E-state index in [-0.39, 0.29) is 12.3 Å². The quantitative estimate of drug-likeness (QED) is 0.925. The molecule has 0 aliphatic carbocycles. The molecule has 0 saturated carbocycles. The monoisotopic (exact) mass is 344 g/mol. The second-order valence-corrected chi connectivity index (χ2v) is 6.98. The Balaban J connectivity index is 1.70. The number of aliphatic carboxylic acids is 1. The number of nitrogens with zero attached hydrogens (tertiary/aromatic N) is 2. The van der Waals surface area contributed by atoms with Crippen LogP contribution < -0.4 is 0 Å². The van der Waals surface area contributed by atoms with E-state index >= 15 is 0 Å². The minimum Gasteiger partial charge on any atom is -0.480 e. The van der Waals surface area contributed by atoms with Gasteiger partial charge in [-0.25, -0.2) is 9.78 Å². The zero-order valence-corrected chi connectivity index (χ0v) is 14.4. The number of likely N-dealkylation sites (tertiary alicyclic amines) is 1. The van der Waals surface area contributed by atoms with Crippen molar-refractivity contribution in [2.24, 2.45) is 0 Å². The number of hydrogen-bond acceptors (Lipinski definition) is 4. The molecule has 5 nitrogen and oxygen atoms in total. The highest BCUT2D eigenvalue weighted by Gasteiger charge is 2.31. The number of amides is 1. The van der Waals surface area contributed by atoms with E-state index in [9.17, 15) is 14.7 Å². The highest BCUT2D eigenvalue weighted by Crippen LogP contribution is 2.25. The largest absolute Gasteiger partial charge is 0.480 e. The number of carbonyl (C=O) groups is 2. The minimum absolute atomic E-state index is 0.150. The lowest BCUT2D eigenvalue weighted by molar-refractivity contribution is -0.151. The molecule has 1 atom stereocenters. The number of carboxylic acid groups (broad SMARTS) is 1. The first-order valence-electron chi connectivity index (χ1n) is 8.08. The van der Waals surface area contributed by atoms with Crippen molar-refractivity contribution >= 4 is 23.2 Å². The van der Waals surface area contributed by atoms with Gasteiger partial charge in [0.1, 0.15) is 11.0 Å². The van der Waals surface area contributed by atoms with Crippen LogP contribution in [0.1, 0.15) is 30.5 Å². The Morgan fingerprint density at radius 1 is 1.29 bits per heavy atom. The van der Waals surface area contributed by atoms with Crippen molar-refractivity contribution < 1.29 is 14.7 Å². The number of thiazole rings is 1. The van der Waals surface area contributed by atoms with Gasteiger partial charge >= 0.3 is 5.97 Å². The zero-order chi connectivity index (χ0) is 17.1. The number of piperidine rings is 1. The van der Waals surface area contributed by atoms with E-state index in [0.717, 1.165) is 23.4 Å². The lowest BCUT2D eigenvalue weighted by Crippen LogP contribution is -2.48. The van der Waals surface area contributed by atoms with Gasteiger partial charge in [-0.2, -0.15) is 0 Å². The number of benzene rings is 1. The molecule has 1 N–H and O–H groups in total. The van der Waals surface area contributed by atoms with Crippen LogP contribution in [0.2, 0.25) is 0 Å². The van der Waals surface area contributed by atoms with Gasteiger partial charge in [-0.1, -0.05) is 29.8 Å². The van der Waals surface area contributed by atoms with Gasteiger partial charge in [-0.15, -0.1) is 11.3 Å². The molecule has 1 aromatic heterocycles. The fourth-order valence-electron chi connectivity index (χ4n) is 2.96. The average Bonchev–Trinajstić information content (AvgIpc) is 3.04. The topological polar surface area (TPSA) is 70.5 Å². The molecule has 1 aliphatic heterocycles. The molecule has 126 valence electrons. The van der Waals surface area contributed by atoms with Gasteiger partial charge in [0.2, 0.25) is 5.91 Å². The molecule has 0 spiro atoms. The van der Waals surface area contributed by atoms with Gasteiger partial charge < -0.3 is 10.0 Å². The minimum atomic E-state index is -0.915. The first-order valence-corrected chi connectivity index (χ1v) is 8.96. The molecule has 1 unspecified atom stereocenters. The Kier molecular flexibility index (Phi) is 4.94. The van der Waals surface area contributed by atoms with Crippen LogP contribution in [0.5, 0.6) is 0 Å². The van der Waals surface area contributed by atoms with Gasteiger partial charge in [0.15, 0.2) is 0 Å². The summed E-state index contributed by atoms with van der Waals surface area (Å²) in [5.74, 6) is -1.07. The highest BCUT2D eigenvalue weighted by atomic mass is 32.1. The molecular weight excluding hydrogens is 324 g/mol. The third-order valence-electron chi connectivity index (χ3n) is 4.29. The van der Waals surface area contributed by atoms with E-state index in [0.29, 0.717) is 18.7 Å². The summed E-state index contributed by atoms with van der Waals surface area (Å²) in [4.78, 5) is 29.9. The smallest absolute Gasteiger partial charge is 0.326 e. The summed E-state index contributed by atoms with van der Waals surface area (Å²) in [6.07, 6.45) is 2.41. The van der Waals surface area contributed by atoms with E-state index in [2.05, 4.69) is 4.98 Å². The SMILES string of the molecule is Cc1ccc(-c2nc(CC(=O)N3CCCCC3C(=O)O)cs2)cc1. The molecule has 6 heteroatoms. The summed E-state index contributed by atoms with van der Waals surface area (Å²) in [6, 6.07) is 7.41. The van der Waals surface area contributed by atoms with Crippen molar-refractivity contribution in [3.8, 4) is 10.6 Å². The maximum absolute atomic E-state index is 12.5. The van der Waals surface area contributed by atoms with E-state index in [4.69, 9.17) is 0 Å². The summed E-state index contributed by atoms with van der Waals surface area (Å²) in [5, 5.41) is 12.1.